The summed E-state index contributed by atoms with van der Waals surface area (Å²) in [6.07, 6.45) is 5.17. The molecule has 3 N–H and O–H groups in total. The smallest absolute Gasteiger partial charge is 0.267 e. The van der Waals surface area contributed by atoms with Gasteiger partial charge in [0.15, 0.2) is 5.13 Å². The highest BCUT2D eigenvalue weighted by Gasteiger charge is 2.32. The van der Waals surface area contributed by atoms with Crippen molar-refractivity contribution in [3.63, 3.8) is 0 Å². The van der Waals surface area contributed by atoms with Crippen molar-refractivity contribution in [3.8, 4) is 17.0 Å². The van der Waals surface area contributed by atoms with Gasteiger partial charge in [0.1, 0.15) is 11.8 Å². The molecule has 0 saturated heterocycles. The van der Waals surface area contributed by atoms with Crippen molar-refractivity contribution in [1.82, 2.24) is 15.0 Å². The maximum atomic E-state index is 11.2. The lowest BCUT2D eigenvalue weighted by molar-refractivity contribution is 0.0995. The minimum atomic E-state index is -0.551. The summed E-state index contributed by atoms with van der Waals surface area (Å²) in [7, 11) is 0. The second-order valence-electron chi connectivity index (χ2n) is 7.19. The Bertz CT molecular complexity index is 1170. The SMILES string of the molecule is NC(=O)c1ccc(-c2cccnc2O[C@H]2C[C@H](Nc3nc4ccccc4s3)C2)cn1. The van der Waals surface area contributed by atoms with Crippen LogP contribution in [-0.4, -0.2) is 33.0 Å². The second kappa shape index (κ2) is 7.72. The van der Waals surface area contributed by atoms with E-state index in [0.717, 1.165) is 34.6 Å². The van der Waals surface area contributed by atoms with Crippen LogP contribution in [0.5, 0.6) is 5.88 Å². The maximum absolute atomic E-state index is 11.2. The highest BCUT2D eigenvalue weighted by molar-refractivity contribution is 7.22. The Balaban J connectivity index is 1.24. The number of aromatic nitrogens is 3. The van der Waals surface area contributed by atoms with Crippen LogP contribution in [0.1, 0.15) is 23.3 Å². The fourth-order valence-electron chi connectivity index (χ4n) is 3.45. The Labute approximate surface area is 177 Å². The van der Waals surface area contributed by atoms with Crippen LogP contribution in [0.4, 0.5) is 5.13 Å². The minimum absolute atomic E-state index is 0.0865. The van der Waals surface area contributed by atoms with Gasteiger partial charge in [0, 0.05) is 42.4 Å². The number of pyridine rings is 2. The van der Waals surface area contributed by atoms with E-state index in [-0.39, 0.29) is 11.8 Å². The highest BCUT2D eigenvalue weighted by atomic mass is 32.1. The summed E-state index contributed by atoms with van der Waals surface area (Å²) < 4.78 is 7.33. The normalized spacial score (nSPS) is 18.0. The molecule has 0 radical (unpaired) electrons. The van der Waals surface area contributed by atoms with Gasteiger partial charge in [0.2, 0.25) is 5.88 Å². The number of primary amides is 1. The van der Waals surface area contributed by atoms with Crippen LogP contribution in [0.25, 0.3) is 21.3 Å². The van der Waals surface area contributed by atoms with E-state index < -0.39 is 5.91 Å². The lowest BCUT2D eigenvalue weighted by Gasteiger charge is -2.35. The third kappa shape index (κ3) is 3.69. The Morgan fingerprint density at radius 3 is 2.73 bits per heavy atom. The van der Waals surface area contributed by atoms with Gasteiger partial charge in [-0.25, -0.2) is 9.97 Å². The molecule has 3 aromatic heterocycles. The van der Waals surface area contributed by atoms with Crippen molar-refractivity contribution in [1.29, 1.82) is 0 Å². The van der Waals surface area contributed by atoms with Crippen LogP contribution in [0, 0.1) is 0 Å². The number of nitrogens with two attached hydrogens (primary N) is 1. The van der Waals surface area contributed by atoms with Gasteiger partial charge < -0.3 is 15.8 Å². The van der Waals surface area contributed by atoms with Gasteiger partial charge in [0.25, 0.3) is 5.91 Å². The zero-order chi connectivity index (χ0) is 20.5. The summed E-state index contributed by atoms with van der Waals surface area (Å²) in [5.41, 5.74) is 8.18. The summed E-state index contributed by atoms with van der Waals surface area (Å²) in [5.74, 6) is 0.0138. The molecule has 0 spiro atoms. The third-order valence-corrected chi connectivity index (χ3v) is 6.06. The van der Waals surface area contributed by atoms with Crippen molar-refractivity contribution in [2.24, 2.45) is 5.73 Å². The quantitative estimate of drug-likeness (QED) is 0.494. The van der Waals surface area contributed by atoms with Gasteiger partial charge in [-0.3, -0.25) is 9.78 Å². The Kier molecular flexibility index (Phi) is 4.76. The zero-order valence-electron chi connectivity index (χ0n) is 16.0. The van der Waals surface area contributed by atoms with Gasteiger partial charge in [0.05, 0.1) is 10.2 Å². The Morgan fingerprint density at radius 1 is 1.10 bits per heavy atom. The molecule has 4 aromatic rings. The molecule has 0 aliphatic heterocycles. The Hall–Kier alpha value is -3.52. The number of para-hydroxylation sites is 1. The van der Waals surface area contributed by atoms with Gasteiger partial charge in [-0.05, 0) is 30.3 Å². The van der Waals surface area contributed by atoms with Crippen LogP contribution in [0.3, 0.4) is 0 Å². The summed E-state index contributed by atoms with van der Waals surface area (Å²) in [4.78, 5) is 24.4. The number of nitrogens with one attached hydrogen (secondary N) is 1. The number of benzene rings is 1. The summed E-state index contributed by atoms with van der Waals surface area (Å²) in [6, 6.07) is 15.7. The van der Waals surface area contributed by atoms with Crippen molar-refractivity contribution in [2.75, 3.05) is 5.32 Å². The predicted molar refractivity (Wildman–Crippen MR) is 117 cm³/mol. The molecule has 1 amide bonds. The lowest BCUT2D eigenvalue weighted by atomic mass is 9.89. The number of hydrogen-bond donors (Lipinski definition) is 2. The Morgan fingerprint density at radius 2 is 1.97 bits per heavy atom. The van der Waals surface area contributed by atoms with E-state index in [2.05, 4.69) is 26.3 Å². The van der Waals surface area contributed by atoms with Crippen molar-refractivity contribution in [2.45, 2.75) is 25.0 Å². The first kappa shape index (κ1) is 18.5. The van der Waals surface area contributed by atoms with Crippen LogP contribution in [-0.2, 0) is 0 Å². The molecule has 1 fully saturated rings. The van der Waals surface area contributed by atoms with Gasteiger partial charge in [-0.1, -0.05) is 29.5 Å². The molecule has 0 atom stereocenters. The number of nitrogens with zero attached hydrogens (tertiary/aromatic N) is 3. The molecule has 1 aliphatic carbocycles. The molecular weight excluding hydrogens is 398 g/mol. The molecule has 30 heavy (non-hydrogen) atoms. The number of amides is 1. The molecular formula is C22H19N5O2S. The van der Waals surface area contributed by atoms with Gasteiger partial charge >= 0.3 is 0 Å². The van der Waals surface area contributed by atoms with E-state index in [1.807, 2.05) is 30.3 Å². The van der Waals surface area contributed by atoms with Gasteiger partial charge in [-0.15, -0.1) is 0 Å². The standard InChI is InChI=1S/C22H19N5O2S/c23-20(28)18-8-7-13(12-25-18)16-4-3-9-24-21(16)29-15-10-14(11-15)26-22-27-17-5-1-2-6-19(17)30-22/h1-9,12,14-15H,10-11H2,(H2,23,28)(H,26,27)/t14-,15-. The molecule has 5 rings (SSSR count). The summed E-state index contributed by atoms with van der Waals surface area (Å²) in [6.45, 7) is 0. The average Bonchev–Trinajstić information content (AvgIpc) is 3.15. The lowest BCUT2D eigenvalue weighted by Crippen LogP contribution is -2.42. The molecule has 0 bridgehead atoms. The van der Waals surface area contributed by atoms with Crippen LogP contribution in [0.2, 0.25) is 0 Å². The van der Waals surface area contributed by atoms with E-state index in [1.54, 1.807) is 35.9 Å². The van der Waals surface area contributed by atoms with E-state index >= 15 is 0 Å². The first-order chi connectivity index (χ1) is 14.7. The van der Waals surface area contributed by atoms with E-state index in [1.165, 1.54) is 4.70 Å². The second-order valence-corrected chi connectivity index (χ2v) is 8.22. The summed E-state index contributed by atoms with van der Waals surface area (Å²) >= 11 is 1.67. The third-order valence-electron chi connectivity index (χ3n) is 5.09. The number of thiazole rings is 1. The molecule has 1 saturated carbocycles. The molecule has 150 valence electrons. The fourth-order valence-corrected chi connectivity index (χ4v) is 4.39. The topological polar surface area (TPSA) is 103 Å². The monoisotopic (exact) mass is 417 g/mol. The van der Waals surface area contributed by atoms with Crippen LogP contribution >= 0.6 is 11.3 Å². The fraction of sp³-hybridized carbons (Fsp3) is 0.182. The van der Waals surface area contributed by atoms with Crippen LogP contribution in [0.15, 0.2) is 60.9 Å². The highest BCUT2D eigenvalue weighted by Crippen LogP contribution is 2.34. The molecule has 8 heteroatoms. The average molecular weight is 417 g/mol. The van der Waals surface area contributed by atoms with Gasteiger partial charge in [-0.2, -0.15) is 0 Å². The number of ether oxygens (including phenoxy) is 1. The number of rotatable bonds is 6. The van der Waals surface area contributed by atoms with Crippen molar-refractivity contribution < 1.29 is 9.53 Å². The van der Waals surface area contributed by atoms with E-state index in [9.17, 15) is 4.79 Å². The minimum Gasteiger partial charge on any atom is -0.474 e. The maximum Gasteiger partial charge on any atom is 0.267 e. The molecule has 1 aliphatic rings. The van der Waals surface area contributed by atoms with Crippen molar-refractivity contribution in [3.05, 3.63) is 66.6 Å². The first-order valence-corrected chi connectivity index (χ1v) is 10.5. The zero-order valence-corrected chi connectivity index (χ0v) is 16.8. The van der Waals surface area contributed by atoms with Crippen LogP contribution < -0.4 is 15.8 Å². The number of carbonyl (C=O) groups excluding carboxylic acids is 1. The molecule has 3 heterocycles. The van der Waals surface area contributed by atoms with E-state index in [4.69, 9.17) is 10.5 Å². The largest absolute Gasteiger partial charge is 0.474 e. The molecule has 1 aromatic carbocycles. The number of anilines is 1. The predicted octanol–water partition coefficient (Wildman–Crippen LogP) is 3.87. The number of fused-ring (bicyclic) bond motifs is 1. The first-order valence-electron chi connectivity index (χ1n) is 9.66. The molecule has 0 unspecified atom stereocenters. The van der Waals surface area contributed by atoms with E-state index in [0.29, 0.717) is 11.9 Å². The van der Waals surface area contributed by atoms with Crippen molar-refractivity contribution >= 4 is 32.6 Å². The number of carbonyl (C=O) groups is 1. The summed E-state index contributed by atoms with van der Waals surface area (Å²) in [5, 5.41) is 4.44. The number of hydrogen-bond acceptors (Lipinski definition) is 7. The molecule has 7 nitrogen and oxygen atoms in total.